The van der Waals surface area contributed by atoms with Gasteiger partial charge in [0.05, 0.1) is 43.1 Å². The van der Waals surface area contributed by atoms with Crippen molar-refractivity contribution in [2.45, 2.75) is 39.4 Å². The number of nitrogens with one attached hydrogen (secondary N) is 1. The van der Waals surface area contributed by atoms with Crippen LogP contribution in [0.15, 0.2) is 30.5 Å². The summed E-state index contributed by atoms with van der Waals surface area (Å²) >= 11 is 6.42. The fourth-order valence-corrected chi connectivity index (χ4v) is 3.64. The molecule has 9 nitrogen and oxygen atoms in total. The van der Waals surface area contributed by atoms with Gasteiger partial charge in [0.2, 0.25) is 5.95 Å². The number of fused-ring (bicyclic) bond motifs is 1. The number of aromatic nitrogens is 2. The number of ether oxygens (including phenoxy) is 2. The van der Waals surface area contributed by atoms with Crippen molar-refractivity contribution in [3.63, 3.8) is 0 Å². The van der Waals surface area contributed by atoms with Crippen molar-refractivity contribution in [1.82, 2.24) is 9.97 Å². The number of carbonyl (C=O) groups is 1. The minimum Gasteiger partial charge on any atom is -0.394 e. The smallest absolute Gasteiger partial charge is 0.330 e. The molecule has 1 aliphatic heterocycles. The second kappa shape index (κ2) is 11.4. The number of amides is 2. The summed E-state index contributed by atoms with van der Waals surface area (Å²) in [5.41, 5.74) is 1.38. The Labute approximate surface area is 193 Å². The van der Waals surface area contributed by atoms with Gasteiger partial charge in [0.1, 0.15) is 5.82 Å². The van der Waals surface area contributed by atoms with Gasteiger partial charge >= 0.3 is 6.03 Å². The molecular formula is C22H30ClN5O4. The quantitative estimate of drug-likeness (QED) is 0.527. The molecule has 0 saturated heterocycles. The molecule has 2 N–H and O–H groups in total. The van der Waals surface area contributed by atoms with Crippen LogP contribution in [0.25, 0.3) is 0 Å². The van der Waals surface area contributed by atoms with Crippen molar-refractivity contribution in [2.75, 3.05) is 48.2 Å². The molecule has 1 aromatic heterocycles. The van der Waals surface area contributed by atoms with E-state index in [2.05, 4.69) is 15.3 Å². The van der Waals surface area contributed by atoms with Crippen LogP contribution in [-0.2, 0) is 16.0 Å². The summed E-state index contributed by atoms with van der Waals surface area (Å²) in [7, 11) is 0. The van der Waals surface area contributed by atoms with E-state index in [9.17, 15) is 9.90 Å². The molecule has 3 rings (SSSR count). The van der Waals surface area contributed by atoms with E-state index in [1.807, 2.05) is 39.0 Å². The highest BCUT2D eigenvalue weighted by atomic mass is 35.5. The van der Waals surface area contributed by atoms with E-state index in [0.29, 0.717) is 35.7 Å². The van der Waals surface area contributed by atoms with Crippen LogP contribution in [0.3, 0.4) is 0 Å². The summed E-state index contributed by atoms with van der Waals surface area (Å²) in [4.78, 5) is 26.0. The molecule has 0 spiro atoms. The maximum absolute atomic E-state index is 13.8. The topological polar surface area (TPSA) is 100 Å². The van der Waals surface area contributed by atoms with Crippen LogP contribution in [0.5, 0.6) is 0 Å². The van der Waals surface area contributed by atoms with Gasteiger partial charge in [-0.15, -0.1) is 0 Å². The van der Waals surface area contributed by atoms with Crippen molar-refractivity contribution in [3.05, 3.63) is 41.0 Å². The first-order valence-corrected chi connectivity index (χ1v) is 11.1. The van der Waals surface area contributed by atoms with E-state index in [-0.39, 0.29) is 38.4 Å². The number of halogens is 1. The van der Waals surface area contributed by atoms with Gasteiger partial charge in [-0.1, -0.05) is 23.7 Å². The zero-order chi connectivity index (χ0) is 23.1. The SMILES string of the molecule is CCOCC(COCC)N1C(=O)N(c2ccccc2Cl)Cc2cnc(NC(C)CO)nc21. The first kappa shape index (κ1) is 24.2. The number of rotatable bonds is 11. The van der Waals surface area contributed by atoms with E-state index < -0.39 is 6.04 Å². The lowest BCUT2D eigenvalue weighted by molar-refractivity contribution is 0.0759. The molecule has 10 heteroatoms. The minimum absolute atomic E-state index is 0.0688. The molecule has 2 aromatic rings. The molecule has 1 aliphatic rings. The Balaban J connectivity index is 2.06. The second-order valence-corrected chi connectivity index (χ2v) is 7.84. The fraction of sp³-hybridized carbons (Fsp3) is 0.500. The first-order chi connectivity index (χ1) is 15.5. The standard InChI is InChI=1S/C22H30ClN5O4/c1-4-31-13-17(14-32-5-2)28-20-16(10-24-21(26-20)25-15(3)12-29)11-27(22(28)30)19-9-7-6-8-18(19)23/h6-10,15,17,29H,4-5,11-14H2,1-3H3,(H,24,25,26). The first-order valence-electron chi connectivity index (χ1n) is 10.7. The molecule has 1 unspecified atom stereocenters. The molecule has 2 amide bonds. The van der Waals surface area contributed by atoms with Crippen molar-refractivity contribution >= 4 is 35.1 Å². The van der Waals surface area contributed by atoms with Gasteiger partial charge in [-0.3, -0.25) is 9.80 Å². The zero-order valence-electron chi connectivity index (χ0n) is 18.6. The van der Waals surface area contributed by atoms with Crippen LogP contribution in [0.4, 0.5) is 22.2 Å². The number of hydrogen-bond acceptors (Lipinski definition) is 7. The van der Waals surface area contributed by atoms with Gasteiger partial charge in [-0.05, 0) is 32.9 Å². The third-order valence-electron chi connectivity index (χ3n) is 5.02. The summed E-state index contributed by atoms with van der Waals surface area (Å²) in [6.07, 6.45) is 1.69. The van der Waals surface area contributed by atoms with Crippen LogP contribution in [0.1, 0.15) is 26.3 Å². The van der Waals surface area contributed by atoms with E-state index in [0.717, 1.165) is 5.56 Å². The van der Waals surface area contributed by atoms with E-state index in [1.54, 1.807) is 22.1 Å². The molecular weight excluding hydrogens is 434 g/mol. The highest BCUT2D eigenvalue weighted by molar-refractivity contribution is 6.34. The summed E-state index contributed by atoms with van der Waals surface area (Å²) in [5, 5.41) is 12.9. The predicted molar refractivity (Wildman–Crippen MR) is 124 cm³/mol. The minimum atomic E-state index is -0.399. The summed E-state index contributed by atoms with van der Waals surface area (Å²) in [5.74, 6) is 0.825. The lowest BCUT2D eigenvalue weighted by Gasteiger charge is -2.40. The Morgan fingerprint density at radius 1 is 1.22 bits per heavy atom. The fourth-order valence-electron chi connectivity index (χ4n) is 3.41. The average molecular weight is 464 g/mol. The number of aliphatic hydroxyl groups is 1. The molecule has 2 heterocycles. The lowest BCUT2D eigenvalue weighted by atomic mass is 10.1. The maximum Gasteiger partial charge on any atom is 0.330 e. The Morgan fingerprint density at radius 3 is 2.53 bits per heavy atom. The number of para-hydroxylation sites is 1. The summed E-state index contributed by atoms with van der Waals surface area (Å²) in [6.45, 7) is 7.43. The highest BCUT2D eigenvalue weighted by Gasteiger charge is 2.38. The van der Waals surface area contributed by atoms with Crippen molar-refractivity contribution < 1.29 is 19.4 Å². The summed E-state index contributed by atoms with van der Waals surface area (Å²) < 4.78 is 11.4. The number of carbonyl (C=O) groups excluding carboxylic acids is 1. The van der Waals surface area contributed by atoms with Gasteiger partial charge < -0.3 is 19.9 Å². The molecule has 32 heavy (non-hydrogen) atoms. The summed E-state index contributed by atoms with van der Waals surface area (Å²) in [6, 6.07) is 6.32. The molecule has 1 atom stereocenters. The number of aliphatic hydroxyl groups excluding tert-OH is 1. The largest absolute Gasteiger partial charge is 0.394 e. The molecule has 0 saturated carbocycles. The Bertz CT molecular complexity index is 908. The molecule has 174 valence electrons. The van der Waals surface area contributed by atoms with Crippen LogP contribution in [0.2, 0.25) is 5.02 Å². The van der Waals surface area contributed by atoms with Gasteiger partial charge in [-0.2, -0.15) is 4.98 Å². The zero-order valence-corrected chi connectivity index (χ0v) is 19.4. The number of benzene rings is 1. The number of anilines is 3. The molecule has 0 aliphatic carbocycles. The molecule has 1 aromatic carbocycles. The van der Waals surface area contributed by atoms with Gasteiger partial charge in [0, 0.05) is 31.0 Å². The monoisotopic (exact) mass is 463 g/mol. The van der Waals surface area contributed by atoms with Crippen LogP contribution >= 0.6 is 11.6 Å². The van der Waals surface area contributed by atoms with Gasteiger partial charge in [0.15, 0.2) is 0 Å². The number of hydrogen-bond donors (Lipinski definition) is 2. The number of urea groups is 1. The maximum atomic E-state index is 13.8. The normalized spacial score (nSPS) is 14.6. The van der Waals surface area contributed by atoms with E-state index >= 15 is 0 Å². The van der Waals surface area contributed by atoms with Crippen molar-refractivity contribution in [1.29, 1.82) is 0 Å². The predicted octanol–water partition coefficient (Wildman–Crippen LogP) is 3.31. The third kappa shape index (κ3) is 5.47. The van der Waals surface area contributed by atoms with E-state index in [1.165, 1.54) is 0 Å². The Hall–Kier alpha value is -2.46. The van der Waals surface area contributed by atoms with Crippen LogP contribution in [-0.4, -0.2) is 66.2 Å². The molecule has 0 fully saturated rings. The van der Waals surface area contributed by atoms with Gasteiger partial charge in [-0.25, -0.2) is 9.78 Å². The average Bonchev–Trinajstić information content (AvgIpc) is 2.80. The van der Waals surface area contributed by atoms with Gasteiger partial charge in [0.25, 0.3) is 0 Å². The van der Waals surface area contributed by atoms with Crippen molar-refractivity contribution in [2.24, 2.45) is 0 Å². The van der Waals surface area contributed by atoms with Crippen molar-refractivity contribution in [3.8, 4) is 0 Å². The molecule has 0 radical (unpaired) electrons. The highest BCUT2D eigenvalue weighted by Crippen LogP contribution is 2.35. The van der Waals surface area contributed by atoms with Crippen LogP contribution < -0.4 is 15.1 Å². The third-order valence-corrected chi connectivity index (χ3v) is 5.34. The van der Waals surface area contributed by atoms with E-state index in [4.69, 9.17) is 21.1 Å². The lowest BCUT2D eigenvalue weighted by Crippen LogP contribution is -2.55. The number of nitrogens with zero attached hydrogens (tertiary/aromatic N) is 4. The van der Waals surface area contributed by atoms with Crippen LogP contribution in [0, 0.1) is 0 Å². The Kier molecular flexibility index (Phi) is 8.63. The molecule has 0 bridgehead atoms. The Morgan fingerprint density at radius 2 is 1.91 bits per heavy atom. The second-order valence-electron chi connectivity index (χ2n) is 7.43.